The second kappa shape index (κ2) is 4.51. The molecule has 1 aromatic rings. The zero-order valence-corrected chi connectivity index (χ0v) is 11.4. The summed E-state index contributed by atoms with van der Waals surface area (Å²) in [7, 11) is 1.60. The van der Waals surface area contributed by atoms with Crippen LogP contribution in [0.1, 0.15) is 24.6 Å². The first kappa shape index (κ1) is 13.0. The van der Waals surface area contributed by atoms with Crippen molar-refractivity contribution in [1.29, 1.82) is 5.26 Å². The fourth-order valence-electron chi connectivity index (χ4n) is 3.20. The summed E-state index contributed by atoms with van der Waals surface area (Å²) in [5.41, 5.74) is 7.33. The topological polar surface area (TPSA) is 106 Å². The van der Waals surface area contributed by atoms with E-state index in [0.717, 1.165) is 11.3 Å². The SMILES string of the molecule is COCc1[nH]nc2c1[C@]1(CCO[C@H]1C)C(C#N)=C(N)O2. The van der Waals surface area contributed by atoms with Crippen LogP contribution in [0.5, 0.6) is 5.88 Å². The van der Waals surface area contributed by atoms with Gasteiger partial charge in [0.2, 0.25) is 11.8 Å². The van der Waals surface area contributed by atoms with Gasteiger partial charge in [-0.2, -0.15) is 5.26 Å². The Labute approximate surface area is 116 Å². The van der Waals surface area contributed by atoms with Crippen LogP contribution in [0.15, 0.2) is 11.5 Å². The van der Waals surface area contributed by atoms with Crippen molar-refractivity contribution in [3.63, 3.8) is 0 Å². The van der Waals surface area contributed by atoms with E-state index >= 15 is 0 Å². The van der Waals surface area contributed by atoms with Crippen LogP contribution < -0.4 is 10.5 Å². The number of hydrogen-bond donors (Lipinski definition) is 2. The van der Waals surface area contributed by atoms with Crippen molar-refractivity contribution in [2.45, 2.75) is 31.5 Å². The second-order valence-electron chi connectivity index (χ2n) is 5.00. The van der Waals surface area contributed by atoms with Crippen LogP contribution in [0.25, 0.3) is 0 Å². The smallest absolute Gasteiger partial charge is 0.244 e. The molecule has 1 saturated heterocycles. The number of hydrogen-bond acceptors (Lipinski definition) is 6. The predicted octanol–water partition coefficient (Wildman–Crippen LogP) is 0.689. The molecule has 0 aliphatic carbocycles. The number of rotatable bonds is 2. The van der Waals surface area contributed by atoms with Crippen LogP contribution in [0, 0.1) is 11.3 Å². The average molecular weight is 276 g/mol. The monoisotopic (exact) mass is 276 g/mol. The molecule has 0 saturated carbocycles. The number of methoxy groups -OCH3 is 1. The number of nitrogens with zero attached hydrogens (tertiary/aromatic N) is 2. The van der Waals surface area contributed by atoms with E-state index in [4.69, 9.17) is 19.9 Å². The van der Waals surface area contributed by atoms with Gasteiger partial charge in [0.25, 0.3) is 0 Å². The van der Waals surface area contributed by atoms with E-state index in [1.54, 1.807) is 7.11 Å². The number of nitrogens with two attached hydrogens (primary N) is 1. The van der Waals surface area contributed by atoms with Crippen molar-refractivity contribution in [3.8, 4) is 11.9 Å². The molecule has 7 nitrogen and oxygen atoms in total. The van der Waals surface area contributed by atoms with Gasteiger partial charge in [-0.05, 0) is 13.3 Å². The third-order valence-electron chi connectivity index (χ3n) is 4.11. The van der Waals surface area contributed by atoms with Crippen LogP contribution in [0.4, 0.5) is 0 Å². The van der Waals surface area contributed by atoms with E-state index in [1.165, 1.54) is 0 Å². The molecule has 3 N–H and O–H groups in total. The minimum absolute atomic E-state index is 0.104. The minimum Gasteiger partial charge on any atom is -0.420 e. The Morgan fingerprint density at radius 3 is 3.05 bits per heavy atom. The maximum absolute atomic E-state index is 9.50. The van der Waals surface area contributed by atoms with Crippen molar-refractivity contribution >= 4 is 0 Å². The van der Waals surface area contributed by atoms with E-state index in [2.05, 4.69) is 16.3 Å². The first-order valence-electron chi connectivity index (χ1n) is 6.41. The first-order valence-corrected chi connectivity index (χ1v) is 6.41. The van der Waals surface area contributed by atoms with Gasteiger partial charge in [-0.3, -0.25) is 5.10 Å². The molecule has 0 bridgehead atoms. The second-order valence-corrected chi connectivity index (χ2v) is 5.00. The molecule has 1 spiro atoms. The lowest BCUT2D eigenvalue weighted by Gasteiger charge is -2.35. The largest absolute Gasteiger partial charge is 0.420 e. The van der Waals surface area contributed by atoms with Gasteiger partial charge in [0, 0.05) is 13.7 Å². The molecule has 3 heterocycles. The number of nitrogens with one attached hydrogen (secondary N) is 1. The molecular weight excluding hydrogens is 260 g/mol. The van der Waals surface area contributed by atoms with Crippen molar-refractivity contribution in [2.24, 2.45) is 5.73 Å². The van der Waals surface area contributed by atoms with Gasteiger partial charge in [0.15, 0.2) is 0 Å². The van der Waals surface area contributed by atoms with Crippen molar-refractivity contribution in [3.05, 3.63) is 22.7 Å². The van der Waals surface area contributed by atoms with E-state index in [-0.39, 0.29) is 12.0 Å². The summed E-state index contributed by atoms with van der Waals surface area (Å²) in [6, 6.07) is 2.18. The summed E-state index contributed by atoms with van der Waals surface area (Å²) in [6.07, 6.45) is 0.497. The first-order chi connectivity index (χ1) is 9.65. The quantitative estimate of drug-likeness (QED) is 0.823. The zero-order chi connectivity index (χ0) is 14.3. The third kappa shape index (κ3) is 1.49. The van der Waals surface area contributed by atoms with Crippen molar-refractivity contribution in [2.75, 3.05) is 13.7 Å². The lowest BCUT2D eigenvalue weighted by Crippen LogP contribution is -2.41. The van der Waals surface area contributed by atoms with E-state index in [1.807, 2.05) is 6.92 Å². The fourth-order valence-corrected chi connectivity index (χ4v) is 3.20. The van der Waals surface area contributed by atoms with E-state index < -0.39 is 5.41 Å². The van der Waals surface area contributed by atoms with Crippen LogP contribution in [-0.4, -0.2) is 30.0 Å². The summed E-state index contributed by atoms with van der Waals surface area (Å²) in [4.78, 5) is 0. The lowest BCUT2D eigenvalue weighted by atomic mass is 9.69. The summed E-state index contributed by atoms with van der Waals surface area (Å²) >= 11 is 0. The molecular formula is C13H16N4O3. The Morgan fingerprint density at radius 2 is 2.45 bits per heavy atom. The Hall–Kier alpha value is -2.04. The van der Waals surface area contributed by atoms with Gasteiger partial charge in [0.05, 0.1) is 29.4 Å². The summed E-state index contributed by atoms with van der Waals surface area (Å²) in [5, 5.41) is 16.6. The van der Waals surface area contributed by atoms with Gasteiger partial charge in [-0.15, -0.1) is 5.10 Å². The average Bonchev–Trinajstić information content (AvgIpc) is 2.97. The summed E-state index contributed by atoms with van der Waals surface area (Å²) < 4.78 is 16.4. The highest BCUT2D eigenvalue weighted by Crippen LogP contribution is 2.51. The maximum Gasteiger partial charge on any atom is 0.244 e. The highest BCUT2D eigenvalue weighted by Gasteiger charge is 2.54. The molecule has 0 unspecified atom stereocenters. The molecule has 2 aliphatic rings. The number of fused-ring (bicyclic) bond motifs is 2. The molecule has 0 radical (unpaired) electrons. The number of aromatic nitrogens is 2. The highest BCUT2D eigenvalue weighted by atomic mass is 16.5. The lowest BCUT2D eigenvalue weighted by molar-refractivity contribution is 0.0987. The number of ether oxygens (including phenoxy) is 3. The van der Waals surface area contributed by atoms with E-state index in [9.17, 15) is 5.26 Å². The molecule has 0 aromatic carbocycles. The molecule has 1 aromatic heterocycles. The summed E-state index contributed by atoms with van der Waals surface area (Å²) in [5.74, 6) is 0.513. The Kier molecular flexibility index (Phi) is 2.92. The Morgan fingerprint density at radius 1 is 1.65 bits per heavy atom. The van der Waals surface area contributed by atoms with Crippen LogP contribution in [-0.2, 0) is 21.5 Å². The Bertz CT molecular complexity index is 616. The normalized spacial score (nSPS) is 28.4. The van der Waals surface area contributed by atoms with Crippen LogP contribution >= 0.6 is 0 Å². The van der Waals surface area contributed by atoms with Gasteiger partial charge < -0.3 is 19.9 Å². The highest BCUT2D eigenvalue weighted by molar-refractivity contribution is 5.55. The van der Waals surface area contributed by atoms with Crippen LogP contribution in [0.2, 0.25) is 0 Å². The van der Waals surface area contributed by atoms with Crippen molar-refractivity contribution in [1.82, 2.24) is 10.2 Å². The minimum atomic E-state index is -0.604. The molecule has 20 heavy (non-hydrogen) atoms. The van der Waals surface area contributed by atoms with Crippen LogP contribution in [0.3, 0.4) is 0 Å². The van der Waals surface area contributed by atoms with Gasteiger partial charge in [0.1, 0.15) is 11.6 Å². The fraction of sp³-hybridized carbons (Fsp3) is 0.538. The number of H-pyrrole nitrogens is 1. The molecule has 0 amide bonds. The Balaban J connectivity index is 2.24. The molecule has 1 fully saturated rings. The molecule has 2 aliphatic heterocycles. The maximum atomic E-state index is 9.50. The van der Waals surface area contributed by atoms with Gasteiger partial charge >= 0.3 is 0 Å². The standard InChI is InChI=1S/C13H16N4O3/c1-7-13(3-4-19-7)8(5-14)11(15)20-12-10(13)9(6-18-2)16-17-12/h7H,3-4,6,15H2,1-2H3,(H,16,17)/t7-,13-/m0/s1. The molecule has 106 valence electrons. The number of nitriles is 1. The van der Waals surface area contributed by atoms with Gasteiger partial charge in [-0.25, -0.2) is 0 Å². The van der Waals surface area contributed by atoms with E-state index in [0.29, 0.717) is 31.1 Å². The third-order valence-corrected chi connectivity index (χ3v) is 4.11. The van der Waals surface area contributed by atoms with Gasteiger partial charge in [-0.1, -0.05) is 0 Å². The number of aromatic amines is 1. The molecule has 7 heteroatoms. The summed E-state index contributed by atoms with van der Waals surface area (Å²) in [6.45, 7) is 2.87. The molecule has 2 atom stereocenters. The van der Waals surface area contributed by atoms with Crippen molar-refractivity contribution < 1.29 is 14.2 Å². The zero-order valence-electron chi connectivity index (χ0n) is 11.4. The molecule has 3 rings (SSSR count). The predicted molar refractivity (Wildman–Crippen MR) is 68.5 cm³/mol.